The molecule has 0 saturated carbocycles. The second-order valence-corrected chi connectivity index (χ2v) is 4.73. The lowest BCUT2D eigenvalue weighted by atomic mass is 10.3. The number of ether oxygens (including phenoxy) is 2. The second kappa shape index (κ2) is 12.7. The van der Waals surface area contributed by atoms with Crippen molar-refractivity contribution in [3.05, 3.63) is 30.3 Å². The first kappa shape index (κ1) is 20.0. The largest absolute Gasteiger partial charge is 0.524 e. The highest BCUT2D eigenvalue weighted by molar-refractivity contribution is 7.46. The highest BCUT2D eigenvalue weighted by Crippen LogP contribution is 2.36. The molecule has 9 heteroatoms. The standard InChI is InChI=1S/C6H7O4P.C6H14O4/c7-11(8,9)10-6-4-2-1-3-5-6;7-1-3-9-5-6-10-4-2-8/h1-5H,(H2,7,8,9);7-8H,1-6H2. The summed E-state index contributed by atoms with van der Waals surface area (Å²) < 4.78 is 24.3. The van der Waals surface area contributed by atoms with Crippen LogP contribution in [-0.2, 0) is 14.0 Å². The maximum Gasteiger partial charge on any atom is 0.524 e. The molecule has 0 unspecified atom stereocenters. The highest BCUT2D eigenvalue weighted by atomic mass is 31.2. The second-order valence-electron chi connectivity index (χ2n) is 3.57. The SMILES string of the molecule is O=P(O)(O)Oc1ccccc1.OCCOCCOCCO. The van der Waals surface area contributed by atoms with Crippen LogP contribution in [-0.4, -0.2) is 59.6 Å². The lowest BCUT2D eigenvalue weighted by Gasteiger charge is -2.04. The first-order valence-corrected chi connectivity index (χ1v) is 7.70. The van der Waals surface area contributed by atoms with Crippen LogP contribution in [0.1, 0.15) is 0 Å². The number of para-hydroxylation sites is 1. The number of hydrogen-bond acceptors (Lipinski definition) is 6. The van der Waals surface area contributed by atoms with Crippen molar-refractivity contribution in [2.45, 2.75) is 0 Å². The van der Waals surface area contributed by atoms with E-state index in [-0.39, 0.29) is 19.0 Å². The third kappa shape index (κ3) is 15.2. The van der Waals surface area contributed by atoms with Crippen LogP contribution in [0, 0.1) is 0 Å². The molecule has 0 atom stereocenters. The molecular formula is C12H21O8P. The average Bonchev–Trinajstić information content (AvgIpc) is 2.43. The molecule has 0 amide bonds. The average molecular weight is 324 g/mol. The summed E-state index contributed by atoms with van der Waals surface area (Å²) in [5.41, 5.74) is 0. The lowest BCUT2D eigenvalue weighted by molar-refractivity contribution is 0.0222. The van der Waals surface area contributed by atoms with E-state index < -0.39 is 7.82 Å². The third-order valence-corrected chi connectivity index (χ3v) is 2.26. The smallest absolute Gasteiger partial charge is 0.404 e. The van der Waals surface area contributed by atoms with Gasteiger partial charge >= 0.3 is 7.82 Å². The summed E-state index contributed by atoms with van der Waals surface area (Å²) in [6, 6.07) is 7.93. The molecule has 0 spiro atoms. The van der Waals surface area contributed by atoms with Crippen LogP contribution in [0.3, 0.4) is 0 Å². The van der Waals surface area contributed by atoms with Crippen LogP contribution >= 0.6 is 7.82 Å². The Bertz CT molecular complexity index is 372. The monoisotopic (exact) mass is 324 g/mol. The highest BCUT2D eigenvalue weighted by Gasteiger charge is 2.14. The van der Waals surface area contributed by atoms with E-state index in [9.17, 15) is 4.57 Å². The van der Waals surface area contributed by atoms with Gasteiger partial charge in [0.25, 0.3) is 0 Å². The Labute approximate surface area is 123 Å². The van der Waals surface area contributed by atoms with Gasteiger partial charge in [-0.3, -0.25) is 9.79 Å². The van der Waals surface area contributed by atoms with E-state index in [1.807, 2.05) is 0 Å². The topological polar surface area (TPSA) is 126 Å². The predicted octanol–water partition coefficient (Wildman–Crippen LogP) is 0.162. The third-order valence-electron chi connectivity index (χ3n) is 1.81. The Hall–Kier alpha value is -0.990. The summed E-state index contributed by atoms with van der Waals surface area (Å²) in [5, 5.41) is 16.5. The molecule has 0 saturated heterocycles. The van der Waals surface area contributed by atoms with Gasteiger partial charge in [0.2, 0.25) is 0 Å². The van der Waals surface area contributed by atoms with E-state index in [1.54, 1.807) is 18.2 Å². The molecule has 0 radical (unpaired) electrons. The number of phosphoric acid groups is 1. The van der Waals surface area contributed by atoms with Gasteiger partial charge in [-0.15, -0.1) is 0 Å². The van der Waals surface area contributed by atoms with Crippen LogP contribution in [0.4, 0.5) is 0 Å². The molecule has 8 nitrogen and oxygen atoms in total. The van der Waals surface area contributed by atoms with Gasteiger partial charge in [-0.1, -0.05) is 18.2 Å². The van der Waals surface area contributed by atoms with Crippen molar-refractivity contribution in [1.29, 1.82) is 0 Å². The van der Waals surface area contributed by atoms with Gasteiger partial charge in [-0.25, -0.2) is 4.57 Å². The Kier molecular flexibility index (Phi) is 12.1. The summed E-state index contributed by atoms with van der Waals surface area (Å²) in [6.07, 6.45) is 0. The summed E-state index contributed by atoms with van der Waals surface area (Å²) in [4.78, 5) is 16.7. The summed E-state index contributed by atoms with van der Waals surface area (Å²) >= 11 is 0. The number of benzene rings is 1. The first-order valence-electron chi connectivity index (χ1n) is 6.17. The summed E-state index contributed by atoms with van der Waals surface area (Å²) in [7, 11) is -4.39. The number of aliphatic hydroxyl groups is 2. The van der Waals surface area contributed by atoms with Gasteiger partial charge < -0.3 is 24.2 Å². The maximum atomic E-state index is 10.3. The van der Waals surface area contributed by atoms with Crippen molar-refractivity contribution in [1.82, 2.24) is 0 Å². The van der Waals surface area contributed by atoms with E-state index in [4.69, 9.17) is 29.5 Å². The normalized spacial score (nSPS) is 10.7. The molecule has 0 aromatic heterocycles. The Morgan fingerprint density at radius 2 is 1.33 bits per heavy atom. The molecule has 21 heavy (non-hydrogen) atoms. The molecule has 1 aromatic rings. The Morgan fingerprint density at radius 3 is 1.71 bits per heavy atom. The van der Waals surface area contributed by atoms with Gasteiger partial charge in [0.15, 0.2) is 0 Å². The van der Waals surface area contributed by atoms with E-state index in [1.165, 1.54) is 12.1 Å². The number of aliphatic hydroxyl groups excluding tert-OH is 2. The van der Waals surface area contributed by atoms with Crippen LogP contribution in [0.2, 0.25) is 0 Å². The van der Waals surface area contributed by atoms with Gasteiger partial charge in [0, 0.05) is 0 Å². The van der Waals surface area contributed by atoms with E-state index >= 15 is 0 Å². The van der Waals surface area contributed by atoms with Gasteiger partial charge in [0.05, 0.1) is 39.6 Å². The van der Waals surface area contributed by atoms with Gasteiger partial charge in [0.1, 0.15) is 5.75 Å². The van der Waals surface area contributed by atoms with Crippen LogP contribution in [0.5, 0.6) is 5.75 Å². The molecule has 0 fully saturated rings. The first-order chi connectivity index (χ1) is 9.99. The molecule has 0 bridgehead atoms. The fraction of sp³-hybridized carbons (Fsp3) is 0.500. The molecule has 4 N–H and O–H groups in total. The fourth-order valence-corrected chi connectivity index (χ4v) is 1.47. The van der Waals surface area contributed by atoms with Crippen molar-refractivity contribution in [3.8, 4) is 5.75 Å². The molecule has 1 rings (SSSR count). The Morgan fingerprint density at radius 1 is 0.857 bits per heavy atom. The molecule has 0 heterocycles. The van der Waals surface area contributed by atoms with E-state index in [2.05, 4.69) is 4.52 Å². The van der Waals surface area contributed by atoms with Gasteiger partial charge in [-0.2, -0.15) is 0 Å². The minimum atomic E-state index is -4.39. The summed E-state index contributed by atoms with van der Waals surface area (Å²) in [6.45, 7) is 1.73. The fourth-order valence-electron chi connectivity index (χ4n) is 1.07. The molecule has 122 valence electrons. The quantitative estimate of drug-likeness (QED) is 0.374. The van der Waals surface area contributed by atoms with Gasteiger partial charge in [-0.05, 0) is 12.1 Å². The molecular weight excluding hydrogens is 303 g/mol. The molecule has 0 aliphatic heterocycles. The van der Waals surface area contributed by atoms with Crippen molar-refractivity contribution < 1.29 is 38.6 Å². The van der Waals surface area contributed by atoms with Crippen molar-refractivity contribution >= 4 is 7.82 Å². The minimum absolute atomic E-state index is 0.0417. The zero-order chi connectivity index (χ0) is 16.0. The number of hydrogen-bond donors (Lipinski definition) is 4. The number of phosphoric ester groups is 1. The number of rotatable bonds is 9. The minimum Gasteiger partial charge on any atom is -0.404 e. The van der Waals surface area contributed by atoms with Crippen molar-refractivity contribution in [2.24, 2.45) is 0 Å². The zero-order valence-electron chi connectivity index (χ0n) is 11.5. The van der Waals surface area contributed by atoms with Crippen molar-refractivity contribution in [2.75, 3.05) is 39.6 Å². The van der Waals surface area contributed by atoms with Crippen LogP contribution in [0.15, 0.2) is 30.3 Å². The van der Waals surface area contributed by atoms with E-state index in [0.717, 1.165) is 0 Å². The van der Waals surface area contributed by atoms with E-state index in [0.29, 0.717) is 26.4 Å². The van der Waals surface area contributed by atoms with Crippen LogP contribution < -0.4 is 4.52 Å². The van der Waals surface area contributed by atoms with Crippen molar-refractivity contribution in [3.63, 3.8) is 0 Å². The lowest BCUT2D eigenvalue weighted by Crippen LogP contribution is -2.09. The molecule has 0 aliphatic carbocycles. The predicted molar refractivity (Wildman–Crippen MR) is 74.9 cm³/mol. The Balaban J connectivity index is 0.000000384. The zero-order valence-corrected chi connectivity index (χ0v) is 12.4. The van der Waals surface area contributed by atoms with Crippen LogP contribution in [0.25, 0.3) is 0 Å². The molecule has 0 aliphatic rings. The molecule has 1 aromatic carbocycles. The summed E-state index contributed by atoms with van der Waals surface area (Å²) in [5.74, 6) is 0.167. The maximum absolute atomic E-state index is 10.3.